The van der Waals surface area contributed by atoms with Crippen LogP contribution in [0.1, 0.15) is 32.0 Å². The van der Waals surface area contributed by atoms with Gasteiger partial charge in [-0.25, -0.2) is 0 Å². The maximum Gasteiger partial charge on any atom is 0.260 e. The Morgan fingerprint density at radius 1 is 1.44 bits per heavy atom. The van der Waals surface area contributed by atoms with Gasteiger partial charge in [0.1, 0.15) is 0 Å². The number of halogens is 1. The van der Waals surface area contributed by atoms with Crippen molar-refractivity contribution in [2.75, 3.05) is 5.73 Å². The van der Waals surface area contributed by atoms with Gasteiger partial charge in [-0.2, -0.15) is 4.98 Å². The van der Waals surface area contributed by atoms with Gasteiger partial charge in [0.25, 0.3) is 5.89 Å². The highest BCUT2D eigenvalue weighted by Gasteiger charge is 2.49. The highest BCUT2D eigenvalue weighted by Crippen LogP contribution is 2.57. The van der Waals surface area contributed by atoms with E-state index >= 15 is 0 Å². The molecule has 1 unspecified atom stereocenters. The Balaban J connectivity index is 1.94. The van der Waals surface area contributed by atoms with Gasteiger partial charge in [0.2, 0.25) is 0 Å². The van der Waals surface area contributed by atoms with Gasteiger partial charge in [-0.3, -0.25) is 0 Å². The number of nitrogens with two attached hydrogens (primary N) is 1. The van der Waals surface area contributed by atoms with Crippen LogP contribution in [0.3, 0.4) is 0 Å². The standard InChI is InChI=1S/C13H14BrN3O/c1-13(2)6-9(13)11-16-12(18-17-11)8-4-3-7(14)5-10(8)15/h3-5,9H,6,15H2,1-2H3. The van der Waals surface area contributed by atoms with Gasteiger partial charge in [0.05, 0.1) is 5.56 Å². The number of hydrogen-bond donors (Lipinski definition) is 1. The molecule has 4 nitrogen and oxygen atoms in total. The largest absolute Gasteiger partial charge is 0.398 e. The number of rotatable bonds is 2. The first-order chi connectivity index (χ1) is 8.47. The van der Waals surface area contributed by atoms with Crippen LogP contribution in [-0.4, -0.2) is 10.1 Å². The normalized spacial score (nSPS) is 20.9. The van der Waals surface area contributed by atoms with Gasteiger partial charge in [-0.1, -0.05) is 34.9 Å². The number of benzene rings is 1. The molecule has 1 heterocycles. The molecule has 0 spiro atoms. The van der Waals surface area contributed by atoms with Crippen molar-refractivity contribution in [3.8, 4) is 11.5 Å². The molecule has 2 N–H and O–H groups in total. The van der Waals surface area contributed by atoms with Gasteiger partial charge in [-0.15, -0.1) is 0 Å². The van der Waals surface area contributed by atoms with Crippen LogP contribution in [0.25, 0.3) is 11.5 Å². The summed E-state index contributed by atoms with van der Waals surface area (Å²) in [5.41, 5.74) is 7.67. The predicted octanol–water partition coefficient (Wildman–Crippen LogP) is 3.59. The summed E-state index contributed by atoms with van der Waals surface area (Å²) in [5.74, 6) is 1.70. The van der Waals surface area contributed by atoms with Gasteiger partial charge in [0.15, 0.2) is 5.82 Å². The van der Waals surface area contributed by atoms with E-state index in [9.17, 15) is 0 Å². The Morgan fingerprint density at radius 2 is 2.17 bits per heavy atom. The number of nitrogen functional groups attached to an aromatic ring is 1. The molecular formula is C13H14BrN3O. The van der Waals surface area contributed by atoms with Crippen LogP contribution in [-0.2, 0) is 0 Å². The minimum absolute atomic E-state index is 0.298. The fraction of sp³-hybridized carbons (Fsp3) is 0.385. The van der Waals surface area contributed by atoms with Crippen molar-refractivity contribution >= 4 is 21.6 Å². The summed E-state index contributed by atoms with van der Waals surface area (Å²) in [4.78, 5) is 4.46. The Kier molecular flexibility index (Phi) is 2.48. The summed E-state index contributed by atoms with van der Waals surface area (Å²) < 4.78 is 6.25. The lowest BCUT2D eigenvalue weighted by atomic mass is 10.1. The molecule has 0 saturated heterocycles. The smallest absolute Gasteiger partial charge is 0.260 e. The molecular weight excluding hydrogens is 294 g/mol. The second kappa shape index (κ2) is 3.82. The van der Waals surface area contributed by atoms with Crippen LogP contribution in [0.2, 0.25) is 0 Å². The minimum Gasteiger partial charge on any atom is -0.398 e. The summed E-state index contributed by atoms with van der Waals surface area (Å²) in [6, 6.07) is 5.63. The number of hydrogen-bond acceptors (Lipinski definition) is 4. The Bertz CT molecular complexity index is 606. The van der Waals surface area contributed by atoms with Crippen molar-refractivity contribution in [2.24, 2.45) is 5.41 Å². The van der Waals surface area contributed by atoms with Crippen molar-refractivity contribution < 1.29 is 4.52 Å². The molecule has 0 bridgehead atoms. The zero-order valence-electron chi connectivity index (χ0n) is 10.3. The van der Waals surface area contributed by atoms with E-state index < -0.39 is 0 Å². The Hall–Kier alpha value is -1.36. The number of anilines is 1. The van der Waals surface area contributed by atoms with Gasteiger partial charge >= 0.3 is 0 Å². The van der Waals surface area contributed by atoms with Gasteiger partial charge < -0.3 is 10.3 Å². The number of aromatic nitrogens is 2. The van der Waals surface area contributed by atoms with Crippen molar-refractivity contribution in [3.05, 3.63) is 28.5 Å². The molecule has 0 radical (unpaired) electrons. The molecule has 1 aliphatic rings. The van der Waals surface area contributed by atoms with E-state index in [2.05, 4.69) is 39.9 Å². The van der Waals surface area contributed by atoms with Crippen molar-refractivity contribution in [2.45, 2.75) is 26.2 Å². The minimum atomic E-state index is 0.298. The van der Waals surface area contributed by atoms with Crippen molar-refractivity contribution in [1.82, 2.24) is 10.1 Å². The van der Waals surface area contributed by atoms with E-state index in [-0.39, 0.29) is 0 Å². The molecule has 1 aliphatic carbocycles. The Morgan fingerprint density at radius 3 is 2.78 bits per heavy atom. The van der Waals surface area contributed by atoms with E-state index in [1.54, 1.807) is 0 Å². The van der Waals surface area contributed by atoms with E-state index in [4.69, 9.17) is 10.3 Å². The highest BCUT2D eigenvalue weighted by molar-refractivity contribution is 9.10. The zero-order valence-corrected chi connectivity index (χ0v) is 11.9. The molecule has 2 aromatic rings. The lowest BCUT2D eigenvalue weighted by Gasteiger charge is -2.00. The van der Waals surface area contributed by atoms with E-state index in [1.165, 1.54) is 0 Å². The number of nitrogens with zero attached hydrogens (tertiary/aromatic N) is 2. The molecule has 1 atom stereocenters. The van der Waals surface area contributed by atoms with Crippen molar-refractivity contribution in [3.63, 3.8) is 0 Å². The highest BCUT2D eigenvalue weighted by atomic mass is 79.9. The van der Waals surface area contributed by atoms with Crippen LogP contribution in [0.5, 0.6) is 0 Å². The summed E-state index contributed by atoms with van der Waals surface area (Å²) >= 11 is 3.38. The van der Waals surface area contributed by atoms with E-state index in [1.807, 2.05) is 18.2 Å². The Labute approximate surface area is 114 Å². The molecule has 3 rings (SSSR count). The fourth-order valence-corrected chi connectivity index (χ4v) is 2.50. The van der Waals surface area contributed by atoms with E-state index in [0.717, 1.165) is 22.3 Å². The average molecular weight is 308 g/mol. The molecule has 18 heavy (non-hydrogen) atoms. The van der Waals surface area contributed by atoms with Crippen LogP contribution >= 0.6 is 15.9 Å². The average Bonchev–Trinajstić information content (AvgIpc) is 2.74. The summed E-state index contributed by atoms with van der Waals surface area (Å²) in [5, 5.41) is 4.06. The lowest BCUT2D eigenvalue weighted by molar-refractivity contribution is 0.419. The quantitative estimate of drug-likeness (QED) is 0.861. The SMILES string of the molecule is CC1(C)CC1c1noc(-c2ccc(Br)cc2N)n1. The maximum atomic E-state index is 5.95. The van der Waals surface area contributed by atoms with Crippen LogP contribution < -0.4 is 5.73 Å². The third kappa shape index (κ3) is 1.92. The molecule has 1 aromatic carbocycles. The molecule has 1 fully saturated rings. The van der Waals surface area contributed by atoms with Gasteiger partial charge in [0, 0.05) is 16.1 Å². The lowest BCUT2D eigenvalue weighted by Crippen LogP contribution is -1.93. The first-order valence-corrected chi connectivity index (χ1v) is 6.66. The molecule has 1 saturated carbocycles. The zero-order chi connectivity index (χ0) is 12.9. The summed E-state index contributed by atoms with van der Waals surface area (Å²) in [7, 11) is 0. The molecule has 0 amide bonds. The van der Waals surface area contributed by atoms with Gasteiger partial charge in [-0.05, 0) is 30.0 Å². The van der Waals surface area contributed by atoms with Crippen LogP contribution in [0.15, 0.2) is 27.2 Å². The predicted molar refractivity (Wildman–Crippen MR) is 73.0 cm³/mol. The molecule has 94 valence electrons. The first kappa shape index (κ1) is 11.7. The monoisotopic (exact) mass is 307 g/mol. The molecule has 5 heteroatoms. The van der Waals surface area contributed by atoms with Crippen molar-refractivity contribution in [1.29, 1.82) is 0 Å². The van der Waals surface area contributed by atoms with Crippen LogP contribution in [0.4, 0.5) is 5.69 Å². The molecule has 0 aliphatic heterocycles. The summed E-state index contributed by atoms with van der Waals surface area (Å²) in [6.07, 6.45) is 1.11. The second-order valence-corrected chi connectivity index (χ2v) is 6.35. The maximum absolute atomic E-state index is 5.95. The van der Waals surface area contributed by atoms with Crippen LogP contribution in [0, 0.1) is 5.41 Å². The summed E-state index contributed by atoms with van der Waals surface area (Å²) in [6.45, 7) is 4.42. The second-order valence-electron chi connectivity index (χ2n) is 5.43. The fourth-order valence-electron chi connectivity index (χ4n) is 2.12. The third-order valence-electron chi connectivity index (χ3n) is 3.51. The first-order valence-electron chi connectivity index (χ1n) is 5.86. The van der Waals surface area contributed by atoms with E-state index in [0.29, 0.717) is 22.9 Å². The topological polar surface area (TPSA) is 64.9 Å². The third-order valence-corrected chi connectivity index (χ3v) is 4.00. The molecule has 1 aromatic heterocycles.